The van der Waals surface area contributed by atoms with Crippen molar-refractivity contribution in [1.29, 1.82) is 0 Å². The van der Waals surface area contributed by atoms with Gasteiger partial charge >= 0.3 is 5.97 Å². The lowest BCUT2D eigenvalue weighted by atomic mass is 9.89. The van der Waals surface area contributed by atoms with Crippen LogP contribution in [0.25, 0.3) is 0 Å². The number of esters is 1. The van der Waals surface area contributed by atoms with Gasteiger partial charge in [0.1, 0.15) is 11.7 Å². The van der Waals surface area contributed by atoms with Gasteiger partial charge in [0.2, 0.25) is 5.91 Å². The molecule has 3 aliphatic heterocycles. The summed E-state index contributed by atoms with van der Waals surface area (Å²) in [5.41, 5.74) is -0.369. The molecule has 3 rings (SSSR count). The number of epoxide rings is 1. The van der Waals surface area contributed by atoms with Crippen LogP contribution < -0.4 is 0 Å². The molecule has 3 aliphatic rings. The number of hydrogen-bond acceptors (Lipinski definition) is 4. The Labute approximate surface area is 100 Å². The molecule has 3 saturated heterocycles. The van der Waals surface area contributed by atoms with E-state index < -0.39 is 0 Å². The van der Waals surface area contributed by atoms with Crippen molar-refractivity contribution in [3.63, 3.8) is 0 Å². The fourth-order valence-electron chi connectivity index (χ4n) is 3.32. The molecule has 0 aliphatic carbocycles. The van der Waals surface area contributed by atoms with E-state index in [1.165, 1.54) is 7.11 Å². The summed E-state index contributed by atoms with van der Waals surface area (Å²) in [4.78, 5) is 25.1. The van der Waals surface area contributed by atoms with Crippen LogP contribution in [0.5, 0.6) is 0 Å². The number of carbonyl (C=O) groups is 2. The molecule has 0 unspecified atom stereocenters. The first-order valence-electron chi connectivity index (χ1n) is 6.21. The number of piperidine rings is 1. The van der Waals surface area contributed by atoms with Crippen LogP contribution in [0.4, 0.5) is 0 Å². The first-order chi connectivity index (χ1) is 8.17. The maximum atomic E-state index is 11.9. The molecular weight excluding hydrogens is 222 g/mol. The summed E-state index contributed by atoms with van der Waals surface area (Å²) < 4.78 is 10.4. The highest BCUT2D eigenvalue weighted by atomic mass is 16.6. The Bertz CT molecular complexity index is 370. The maximum Gasteiger partial charge on any atom is 0.308 e. The molecule has 3 atom stereocenters. The Hall–Kier alpha value is -1.10. The van der Waals surface area contributed by atoms with Gasteiger partial charge in [-0.15, -0.1) is 0 Å². The van der Waals surface area contributed by atoms with Gasteiger partial charge in [-0.25, -0.2) is 0 Å². The fraction of sp³-hybridized carbons (Fsp3) is 0.833. The van der Waals surface area contributed by atoms with Crippen molar-refractivity contribution in [2.75, 3.05) is 13.7 Å². The van der Waals surface area contributed by atoms with E-state index in [2.05, 4.69) is 4.74 Å². The standard InChI is InChI=1S/C12H17NO4/c1-16-11(15)6-9-12(17-9)7-10(14)13-5-3-2-4-8(12)13/h8-9H,2-7H2,1H3/t8-,9-,12-/m0/s1. The molecule has 0 aromatic rings. The van der Waals surface area contributed by atoms with Crippen molar-refractivity contribution in [2.24, 2.45) is 0 Å². The van der Waals surface area contributed by atoms with Gasteiger partial charge in [-0.05, 0) is 19.3 Å². The van der Waals surface area contributed by atoms with E-state index in [1.807, 2.05) is 4.90 Å². The van der Waals surface area contributed by atoms with Crippen LogP contribution in [0.15, 0.2) is 0 Å². The fourth-order valence-corrected chi connectivity index (χ4v) is 3.32. The second kappa shape index (κ2) is 3.70. The summed E-state index contributed by atoms with van der Waals surface area (Å²) in [6.45, 7) is 0.847. The third-order valence-electron chi connectivity index (χ3n) is 4.24. The second-order valence-corrected chi connectivity index (χ2v) is 5.12. The van der Waals surface area contributed by atoms with E-state index >= 15 is 0 Å². The molecule has 0 saturated carbocycles. The highest BCUT2D eigenvalue weighted by Crippen LogP contribution is 2.53. The van der Waals surface area contributed by atoms with Gasteiger partial charge in [0, 0.05) is 6.54 Å². The smallest absolute Gasteiger partial charge is 0.308 e. The molecule has 0 N–H and O–H groups in total. The van der Waals surface area contributed by atoms with Crippen molar-refractivity contribution in [3.05, 3.63) is 0 Å². The molecule has 0 aromatic heterocycles. The Balaban J connectivity index is 1.72. The summed E-state index contributed by atoms with van der Waals surface area (Å²) in [7, 11) is 1.38. The molecule has 0 aromatic carbocycles. The largest absolute Gasteiger partial charge is 0.469 e. The van der Waals surface area contributed by atoms with Gasteiger partial charge < -0.3 is 14.4 Å². The predicted octanol–water partition coefficient (Wildman–Crippen LogP) is 0.472. The molecule has 1 spiro atoms. The quantitative estimate of drug-likeness (QED) is 0.519. The van der Waals surface area contributed by atoms with Crippen LogP contribution in [-0.2, 0) is 19.1 Å². The van der Waals surface area contributed by atoms with Crippen molar-refractivity contribution >= 4 is 11.9 Å². The lowest BCUT2D eigenvalue weighted by molar-refractivity contribution is -0.141. The zero-order chi connectivity index (χ0) is 12.0. The summed E-state index contributed by atoms with van der Waals surface area (Å²) in [5, 5.41) is 0. The molecule has 1 amide bonds. The Morgan fingerprint density at radius 3 is 3.18 bits per heavy atom. The van der Waals surface area contributed by atoms with Gasteiger partial charge in [-0.2, -0.15) is 0 Å². The molecule has 0 bridgehead atoms. The number of carbonyl (C=O) groups excluding carboxylic acids is 2. The zero-order valence-electron chi connectivity index (χ0n) is 9.98. The number of hydrogen-bond donors (Lipinski definition) is 0. The number of fused-ring (bicyclic) bond motifs is 2. The van der Waals surface area contributed by atoms with E-state index in [1.54, 1.807) is 0 Å². The number of ether oxygens (including phenoxy) is 2. The van der Waals surface area contributed by atoms with Crippen LogP contribution in [0.2, 0.25) is 0 Å². The van der Waals surface area contributed by atoms with E-state index in [0.29, 0.717) is 6.42 Å². The minimum atomic E-state index is -0.369. The van der Waals surface area contributed by atoms with E-state index in [9.17, 15) is 9.59 Å². The topological polar surface area (TPSA) is 59.1 Å². The summed E-state index contributed by atoms with van der Waals surface area (Å²) in [6.07, 6.45) is 3.83. The molecule has 5 heteroatoms. The highest BCUT2D eigenvalue weighted by molar-refractivity contribution is 5.82. The Morgan fingerprint density at radius 1 is 1.59 bits per heavy atom. The molecule has 3 fully saturated rings. The van der Waals surface area contributed by atoms with Crippen molar-refractivity contribution in [2.45, 2.75) is 49.9 Å². The minimum absolute atomic E-state index is 0.119. The monoisotopic (exact) mass is 239 g/mol. The molecule has 5 nitrogen and oxygen atoms in total. The van der Waals surface area contributed by atoms with Crippen molar-refractivity contribution < 1.29 is 19.1 Å². The van der Waals surface area contributed by atoms with E-state index in [0.717, 1.165) is 25.8 Å². The van der Waals surface area contributed by atoms with E-state index in [4.69, 9.17) is 4.74 Å². The number of rotatable bonds is 2. The highest BCUT2D eigenvalue weighted by Gasteiger charge is 2.68. The number of methoxy groups -OCH3 is 1. The third kappa shape index (κ3) is 1.56. The number of amides is 1. The van der Waals surface area contributed by atoms with Crippen LogP contribution in [0.3, 0.4) is 0 Å². The van der Waals surface area contributed by atoms with E-state index in [-0.39, 0.29) is 36.0 Å². The van der Waals surface area contributed by atoms with Crippen LogP contribution in [-0.4, -0.2) is 48.2 Å². The van der Waals surface area contributed by atoms with Crippen LogP contribution in [0, 0.1) is 0 Å². The SMILES string of the molecule is COC(=O)C[C@@H]1O[C@]12CC(=O)N1CCCC[C@H]12. The van der Waals surface area contributed by atoms with Gasteiger partial charge in [-0.3, -0.25) is 9.59 Å². The second-order valence-electron chi connectivity index (χ2n) is 5.12. The summed E-state index contributed by atoms with van der Waals surface area (Å²) >= 11 is 0. The normalized spacial score (nSPS) is 39.4. The first-order valence-corrected chi connectivity index (χ1v) is 6.21. The average molecular weight is 239 g/mol. The molecule has 0 radical (unpaired) electrons. The zero-order valence-corrected chi connectivity index (χ0v) is 9.98. The minimum Gasteiger partial charge on any atom is -0.469 e. The summed E-state index contributed by atoms with van der Waals surface area (Å²) in [6, 6.07) is 0.193. The van der Waals surface area contributed by atoms with Crippen LogP contribution in [0.1, 0.15) is 32.1 Å². The van der Waals surface area contributed by atoms with Crippen molar-refractivity contribution in [3.8, 4) is 0 Å². The summed E-state index contributed by atoms with van der Waals surface area (Å²) in [5.74, 6) is -0.0735. The molecule has 94 valence electrons. The molecule has 17 heavy (non-hydrogen) atoms. The van der Waals surface area contributed by atoms with Gasteiger partial charge in [-0.1, -0.05) is 0 Å². The Morgan fingerprint density at radius 2 is 2.41 bits per heavy atom. The predicted molar refractivity (Wildman–Crippen MR) is 58.2 cm³/mol. The Kier molecular flexibility index (Phi) is 2.40. The lowest BCUT2D eigenvalue weighted by Gasteiger charge is -2.31. The molecule has 3 heterocycles. The first kappa shape index (κ1) is 11.0. The number of nitrogens with zero attached hydrogens (tertiary/aromatic N) is 1. The van der Waals surface area contributed by atoms with Gasteiger partial charge in [0.25, 0.3) is 0 Å². The molecular formula is C12H17NO4. The maximum absolute atomic E-state index is 11.9. The van der Waals surface area contributed by atoms with Crippen molar-refractivity contribution in [1.82, 2.24) is 4.90 Å². The van der Waals surface area contributed by atoms with Gasteiger partial charge in [0.15, 0.2) is 0 Å². The van der Waals surface area contributed by atoms with Gasteiger partial charge in [0.05, 0.1) is 26.0 Å². The lowest BCUT2D eigenvalue weighted by Crippen LogP contribution is -2.43. The third-order valence-corrected chi connectivity index (χ3v) is 4.24. The van der Waals surface area contributed by atoms with Crippen LogP contribution >= 0.6 is 0 Å². The average Bonchev–Trinajstić information content (AvgIpc) is 2.93.